The zero-order valence-electron chi connectivity index (χ0n) is 10.6. The molecule has 2 rings (SSSR count). The number of benzene rings is 1. The summed E-state index contributed by atoms with van der Waals surface area (Å²) in [6.07, 6.45) is -4.60. The monoisotopic (exact) mass is 354 g/mol. The predicted octanol–water partition coefficient (Wildman–Crippen LogP) is 4.99. The molecule has 0 aromatic heterocycles. The van der Waals surface area contributed by atoms with Crippen LogP contribution in [0.2, 0.25) is 0 Å². The molecule has 3 atom stereocenters. The van der Waals surface area contributed by atoms with Crippen LogP contribution in [0.1, 0.15) is 37.4 Å². The van der Waals surface area contributed by atoms with Crippen molar-refractivity contribution in [3.05, 3.63) is 34.1 Å². The van der Waals surface area contributed by atoms with Gasteiger partial charge in [-0.3, -0.25) is 0 Å². The lowest BCUT2D eigenvalue weighted by atomic mass is 9.77. The van der Waals surface area contributed by atoms with Gasteiger partial charge in [-0.2, -0.15) is 13.2 Å². The van der Waals surface area contributed by atoms with E-state index in [1.54, 1.807) is 6.07 Å². The van der Waals surface area contributed by atoms with Crippen molar-refractivity contribution in [2.45, 2.75) is 38.0 Å². The maximum Gasteiger partial charge on any atom is 0.391 e. The van der Waals surface area contributed by atoms with E-state index in [1.807, 2.05) is 0 Å². The molecule has 1 fully saturated rings. The van der Waals surface area contributed by atoms with E-state index < -0.39 is 29.9 Å². The molecule has 20 heavy (non-hydrogen) atoms. The summed E-state index contributed by atoms with van der Waals surface area (Å²) in [5, 5.41) is 10.2. The predicted molar refractivity (Wildman–Crippen MR) is 70.6 cm³/mol. The molecule has 0 saturated heterocycles. The number of halogens is 5. The van der Waals surface area contributed by atoms with Crippen LogP contribution in [0.5, 0.6) is 0 Å². The van der Waals surface area contributed by atoms with Crippen LogP contribution in [0.4, 0.5) is 17.6 Å². The number of aliphatic hydroxyl groups excluding tert-OH is 1. The normalized spacial score (nSPS) is 25.5. The van der Waals surface area contributed by atoms with Crippen LogP contribution in [-0.4, -0.2) is 11.3 Å². The molecule has 1 saturated carbocycles. The first-order valence-corrected chi connectivity index (χ1v) is 7.28. The maximum absolute atomic E-state index is 13.9. The lowest BCUT2D eigenvalue weighted by Gasteiger charge is -2.33. The summed E-state index contributed by atoms with van der Waals surface area (Å²) in [4.78, 5) is 0. The number of aliphatic hydroxyl groups is 1. The van der Waals surface area contributed by atoms with Gasteiger partial charge in [0.25, 0.3) is 0 Å². The van der Waals surface area contributed by atoms with Crippen LogP contribution in [0.25, 0.3) is 0 Å². The first kappa shape index (κ1) is 15.8. The Bertz CT molecular complexity index is 475. The molecule has 1 aromatic rings. The molecular weight excluding hydrogens is 340 g/mol. The van der Waals surface area contributed by atoms with E-state index in [0.717, 1.165) is 0 Å². The second-order valence-electron chi connectivity index (χ2n) is 5.25. The first-order valence-electron chi connectivity index (χ1n) is 6.49. The van der Waals surface area contributed by atoms with Gasteiger partial charge in [0, 0.05) is 5.56 Å². The summed E-state index contributed by atoms with van der Waals surface area (Å²) < 4.78 is 52.4. The number of hydrogen-bond donors (Lipinski definition) is 1. The Hall–Kier alpha value is -0.620. The van der Waals surface area contributed by atoms with Crippen molar-refractivity contribution in [2.24, 2.45) is 11.8 Å². The van der Waals surface area contributed by atoms with Crippen molar-refractivity contribution in [3.63, 3.8) is 0 Å². The summed E-state index contributed by atoms with van der Waals surface area (Å²) in [5.41, 5.74) is 0.0622. The Morgan fingerprint density at radius 2 is 1.95 bits per heavy atom. The molecular formula is C14H15BrF4O. The van der Waals surface area contributed by atoms with Gasteiger partial charge in [0.1, 0.15) is 5.82 Å². The van der Waals surface area contributed by atoms with Gasteiger partial charge in [-0.25, -0.2) is 4.39 Å². The van der Waals surface area contributed by atoms with Gasteiger partial charge >= 0.3 is 6.18 Å². The summed E-state index contributed by atoms with van der Waals surface area (Å²) in [7, 11) is 0. The molecule has 0 amide bonds. The van der Waals surface area contributed by atoms with Gasteiger partial charge in [-0.05, 0) is 47.2 Å². The highest BCUT2D eigenvalue weighted by atomic mass is 79.9. The standard InChI is InChI=1S/C14H15BrF4O/c15-11-6-2-5-10(12(11)16)13(20)8-3-1-4-9(7-8)14(17,18)19/h2,5-6,8-9,13,20H,1,3-4,7H2. The zero-order chi connectivity index (χ0) is 14.9. The van der Waals surface area contributed by atoms with Crippen molar-refractivity contribution < 1.29 is 22.7 Å². The van der Waals surface area contributed by atoms with Crippen molar-refractivity contribution in [3.8, 4) is 0 Å². The second-order valence-corrected chi connectivity index (χ2v) is 6.11. The zero-order valence-corrected chi connectivity index (χ0v) is 12.2. The first-order chi connectivity index (χ1) is 9.30. The van der Waals surface area contributed by atoms with E-state index in [9.17, 15) is 22.7 Å². The van der Waals surface area contributed by atoms with Crippen molar-refractivity contribution in [2.75, 3.05) is 0 Å². The smallest absolute Gasteiger partial charge is 0.388 e. The number of hydrogen-bond acceptors (Lipinski definition) is 1. The molecule has 1 aliphatic rings. The Morgan fingerprint density at radius 1 is 1.25 bits per heavy atom. The lowest BCUT2D eigenvalue weighted by molar-refractivity contribution is -0.189. The number of alkyl halides is 3. The highest BCUT2D eigenvalue weighted by Gasteiger charge is 2.43. The third-order valence-electron chi connectivity index (χ3n) is 3.92. The Kier molecular flexibility index (Phi) is 4.74. The molecule has 0 spiro atoms. The quantitative estimate of drug-likeness (QED) is 0.741. The Morgan fingerprint density at radius 3 is 2.60 bits per heavy atom. The highest BCUT2D eigenvalue weighted by molar-refractivity contribution is 9.10. The van der Waals surface area contributed by atoms with Crippen LogP contribution in [0.15, 0.2) is 22.7 Å². The summed E-state index contributed by atoms with van der Waals surface area (Å²) >= 11 is 3.02. The van der Waals surface area contributed by atoms with Gasteiger partial charge < -0.3 is 5.11 Å². The fourth-order valence-electron chi connectivity index (χ4n) is 2.81. The Labute approximate surface area is 123 Å². The largest absolute Gasteiger partial charge is 0.391 e. The van der Waals surface area contributed by atoms with Crippen molar-refractivity contribution >= 4 is 15.9 Å². The lowest BCUT2D eigenvalue weighted by Crippen LogP contribution is -2.31. The average Bonchev–Trinajstić information content (AvgIpc) is 2.40. The molecule has 1 aliphatic carbocycles. The fraction of sp³-hybridized carbons (Fsp3) is 0.571. The van der Waals surface area contributed by atoms with E-state index in [4.69, 9.17) is 0 Å². The van der Waals surface area contributed by atoms with Crippen LogP contribution >= 0.6 is 15.9 Å². The third kappa shape index (κ3) is 3.34. The highest BCUT2D eigenvalue weighted by Crippen LogP contribution is 2.44. The fourth-order valence-corrected chi connectivity index (χ4v) is 3.20. The van der Waals surface area contributed by atoms with Crippen LogP contribution in [0, 0.1) is 17.7 Å². The minimum atomic E-state index is -4.24. The molecule has 112 valence electrons. The number of rotatable bonds is 2. The van der Waals surface area contributed by atoms with Gasteiger partial charge in [0.2, 0.25) is 0 Å². The topological polar surface area (TPSA) is 20.2 Å². The average molecular weight is 355 g/mol. The van der Waals surface area contributed by atoms with Crippen molar-refractivity contribution in [1.82, 2.24) is 0 Å². The second kappa shape index (κ2) is 6.02. The Balaban J connectivity index is 2.16. The van der Waals surface area contributed by atoms with E-state index >= 15 is 0 Å². The summed E-state index contributed by atoms with van der Waals surface area (Å²) in [5.74, 6) is -2.56. The van der Waals surface area contributed by atoms with E-state index in [-0.39, 0.29) is 22.9 Å². The van der Waals surface area contributed by atoms with Crippen LogP contribution in [-0.2, 0) is 0 Å². The van der Waals surface area contributed by atoms with E-state index in [1.165, 1.54) is 12.1 Å². The van der Waals surface area contributed by atoms with Crippen LogP contribution in [0.3, 0.4) is 0 Å². The van der Waals surface area contributed by atoms with Crippen LogP contribution < -0.4 is 0 Å². The molecule has 3 unspecified atom stereocenters. The van der Waals surface area contributed by atoms with E-state index in [2.05, 4.69) is 15.9 Å². The minimum Gasteiger partial charge on any atom is -0.388 e. The van der Waals surface area contributed by atoms with Gasteiger partial charge in [0.15, 0.2) is 0 Å². The maximum atomic E-state index is 13.9. The molecule has 0 radical (unpaired) electrons. The van der Waals surface area contributed by atoms with Gasteiger partial charge in [-0.1, -0.05) is 18.6 Å². The summed E-state index contributed by atoms with van der Waals surface area (Å²) in [6, 6.07) is 4.47. The SMILES string of the molecule is OC(c1cccc(Br)c1F)C1CCCC(C(F)(F)F)C1. The van der Waals surface area contributed by atoms with Crippen molar-refractivity contribution in [1.29, 1.82) is 0 Å². The minimum absolute atomic E-state index is 0.0622. The molecule has 1 aromatic carbocycles. The molecule has 1 nitrogen and oxygen atoms in total. The molecule has 0 aliphatic heterocycles. The molecule has 0 heterocycles. The molecule has 0 bridgehead atoms. The molecule has 6 heteroatoms. The summed E-state index contributed by atoms with van der Waals surface area (Å²) in [6.45, 7) is 0. The van der Waals surface area contributed by atoms with E-state index in [0.29, 0.717) is 12.8 Å². The van der Waals surface area contributed by atoms with Gasteiger partial charge in [-0.15, -0.1) is 0 Å². The third-order valence-corrected chi connectivity index (χ3v) is 4.54. The molecule has 1 N–H and O–H groups in total. The van der Waals surface area contributed by atoms with Gasteiger partial charge in [0.05, 0.1) is 16.5 Å².